The number of hydrogen-bond acceptors (Lipinski definition) is 4. The van der Waals surface area contributed by atoms with Crippen molar-refractivity contribution in [1.29, 1.82) is 0 Å². The largest absolute Gasteiger partial charge is 0.486 e. The number of nitrogens with two attached hydrogens (primary N) is 1. The fraction of sp³-hybridized carbons (Fsp3) is 0.200. The van der Waals surface area contributed by atoms with Crippen molar-refractivity contribution in [3.63, 3.8) is 0 Å². The molecule has 1 heterocycles. The molecule has 0 spiro atoms. The average Bonchev–Trinajstić information content (AvgIpc) is 2.95. The Balaban J connectivity index is 1.92. The maximum Gasteiger partial charge on any atom is 0.287 e. The first-order valence-electron chi connectivity index (χ1n) is 6.53. The lowest BCUT2D eigenvalue weighted by Gasteiger charge is -2.08. The third kappa shape index (κ3) is 4.08. The number of halogens is 1. The Morgan fingerprint density at radius 1 is 1.27 bits per heavy atom. The summed E-state index contributed by atoms with van der Waals surface area (Å²) in [6, 6.07) is 7.78. The Labute approximate surface area is 126 Å². The molecule has 0 radical (unpaired) electrons. The van der Waals surface area contributed by atoms with Crippen LogP contribution in [0.5, 0.6) is 5.75 Å². The molecular weight excluding hydrogens is 291 g/mol. The van der Waals surface area contributed by atoms with Gasteiger partial charge in [0.1, 0.15) is 30.0 Å². The molecule has 2 aromatic rings. The molecule has 6 nitrogen and oxygen atoms in total. The van der Waals surface area contributed by atoms with Gasteiger partial charge in [-0.1, -0.05) is 0 Å². The molecule has 2 rings (SSSR count). The van der Waals surface area contributed by atoms with Crippen molar-refractivity contribution in [3.05, 3.63) is 53.7 Å². The van der Waals surface area contributed by atoms with Crippen LogP contribution < -0.4 is 15.8 Å². The van der Waals surface area contributed by atoms with Crippen LogP contribution in [-0.2, 0) is 11.4 Å². The maximum atomic E-state index is 12.8. The third-order valence-corrected chi connectivity index (χ3v) is 2.85. The maximum absolute atomic E-state index is 12.8. The molecule has 1 aromatic heterocycles. The van der Waals surface area contributed by atoms with Crippen molar-refractivity contribution < 1.29 is 23.1 Å². The third-order valence-electron chi connectivity index (χ3n) is 2.85. The van der Waals surface area contributed by atoms with Crippen molar-refractivity contribution in [2.75, 3.05) is 0 Å². The van der Waals surface area contributed by atoms with Gasteiger partial charge in [-0.05, 0) is 43.3 Å². The van der Waals surface area contributed by atoms with Crippen molar-refractivity contribution in [1.82, 2.24) is 5.32 Å². The van der Waals surface area contributed by atoms with Gasteiger partial charge in [-0.15, -0.1) is 0 Å². The van der Waals surface area contributed by atoms with E-state index in [0.29, 0.717) is 11.5 Å². The number of carbonyl (C=O) groups excluding carboxylic acids is 2. The molecule has 0 bridgehead atoms. The highest BCUT2D eigenvalue weighted by molar-refractivity contribution is 5.95. The summed E-state index contributed by atoms with van der Waals surface area (Å²) in [4.78, 5) is 22.7. The Morgan fingerprint density at radius 2 is 1.95 bits per heavy atom. The van der Waals surface area contributed by atoms with Crippen LogP contribution in [0.25, 0.3) is 0 Å². The van der Waals surface area contributed by atoms with Crippen LogP contribution in [0.3, 0.4) is 0 Å². The van der Waals surface area contributed by atoms with E-state index in [4.69, 9.17) is 14.9 Å². The Kier molecular flexibility index (Phi) is 4.77. The van der Waals surface area contributed by atoms with Gasteiger partial charge in [0.05, 0.1) is 0 Å². The van der Waals surface area contributed by atoms with Crippen molar-refractivity contribution in [2.24, 2.45) is 5.73 Å². The zero-order chi connectivity index (χ0) is 16.1. The summed E-state index contributed by atoms with van der Waals surface area (Å²) in [5, 5.41) is 2.40. The van der Waals surface area contributed by atoms with E-state index in [1.807, 2.05) is 0 Å². The van der Waals surface area contributed by atoms with Crippen molar-refractivity contribution in [2.45, 2.75) is 19.6 Å². The summed E-state index contributed by atoms with van der Waals surface area (Å²) < 4.78 is 23.5. The minimum absolute atomic E-state index is 0.0470. The molecule has 22 heavy (non-hydrogen) atoms. The van der Waals surface area contributed by atoms with Crippen LogP contribution in [0.1, 0.15) is 23.2 Å². The van der Waals surface area contributed by atoms with Crippen LogP contribution in [0.2, 0.25) is 0 Å². The quantitative estimate of drug-likeness (QED) is 0.847. The van der Waals surface area contributed by atoms with Gasteiger partial charge in [0.2, 0.25) is 5.91 Å². The first kappa shape index (κ1) is 15.6. The van der Waals surface area contributed by atoms with Gasteiger partial charge in [-0.25, -0.2) is 4.39 Å². The van der Waals surface area contributed by atoms with Gasteiger partial charge in [0.15, 0.2) is 5.76 Å². The molecule has 1 aromatic carbocycles. The molecule has 2 amide bonds. The second-order valence-electron chi connectivity index (χ2n) is 4.61. The number of ether oxygens (including phenoxy) is 1. The van der Waals surface area contributed by atoms with E-state index in [0.717, 1.165) is 0 Å². The van der Waals surface area contributed by atoms with E-state index < -0.39 is 17.9 Å². The molecule has 3 N–H and O–H groups in total. The Bertz CT molecular complexity index is 666. The standard InChI is InChI=1S/C15H15FN2O4/c1-9(14(17)19)18-15(20)13-7-6-12(22-13)8-21-11-4-2-10(16)3-5-11/h2-7,9H,8H2,1H3,(H2,17,19)(H,18,20). The summed E-state index contributed by atoms with van der Waals surface area (Å²) >= 11 is 0. The number of rotatable bonds is 6. The van der Waals surface area contributed by atoms with Crippen LogP contribution >= 0.6 is 0 Å². The Hall–Kier alpha value is -2.83. The van der Waals surface area contributed by atoms with E-state index in [-0.39, 0.29) is 18.2 Å². The monoisotopic (exact) mass is 306 g/mol. The number of nitrogens with one attached hydrogen (secondary N) is 1. The van der Waals surface area contributed by atoms with Crippen molar-refractivity contribution >= 4 is 11.8 Å². The van der Waals surface area contributed by atoms with Gasteiger partial charge in [-0.3, -0.25) is 9.59 Å². The van der Waals surface area contributed by atoms with Crippen molar-refractivity contribution in [3.8, 4) is 5.75 Å². The minimum atomic E-state index is -0.795. The molecule has 0 aliphatic carbocycles. The Morgan fingerprint density at radius 3 is 2.59 bits per heavy atom. The van der Waals surface area contributed by atoms with Crippen LogP contribution in [0.15, 0.2) is 40.8 Å². The van der Waals surface area contributed by atoms with E-state index >= 15 is 0 Å². The number of hydrogen-bond donors (Lipinski definition) is 2. The fourth-order valence-corrected chi connectivity index (χ4v) is 1.60. The molecule has 0 saturated carbocycles. The minimum Gasteiger partial charge on any atom is -0.486 e. The van der Waals surface area contributed by atoms with Crippen LogP contribution in [0, 0.1) is 5.82 Å². The normalized spacial score (nSPS) is 11.7. The number of benzene rings is 1. The molecule has 7 heteroatoms. The topological polar surface area (TPSA) is 94.6 Å². The van der Waals surface area contributed by atoms with Gasteiger partial charge < -0.3 is 20.2 Å². The number of furan rings is 1. The molecule has 1 unspecified atom stereocenters. The highest BCUT2D eigenvalue weighted by atomic mass is 19.1. The van der Waals surface area contributed by atoms with E-state index in [2.05, 4.69) is 5.32 Å². The SMILES string of the molecule is CC(NC(=O)c1ccc(COc2ccc(F)cc2)o1)C(N)=O. The van der Waals surface area contributed by atoms with Gasteiger partial charge >= 0.3 is 0 Å². The molecule has 0 aliphatic rings. The lowest BCUT2D eigenvalue weighted by molar-refractivity contribution is -0.119. The molecule has 116 valence electrons. The molecular formula is C15H15FN2O4. The summed E-state index contributed by atoms with van der Waals surface area (Å²) in [5.41, 5.74) is 5.06. The van der Waals surface area contributed by atoms with Crippen LogP contribution in [0.4, 0.5) is 4.39 Å². The molecule has 0 fully saturated rings. The van der Waals surface area contributed by atoms with Crippen LogP contribution in [-0.4, -0.2) is 17.9 Å². The van der Waals surface area contributed by atoms with E-state index in [9.17, 15) is 14.0 Å². The highest BCUT2D eigenvalue weighted by Crippen LogP contribution is 2.15. The van der Waals surface area contributed by atoms with Gasteiger partial charge in [0.25, 0.3) is 5.91 Å². The lowest BCUT2D eigenvalue weighted by atomic mass is 10.3. The van der Waals surface area contributed by atoms with Gasteiger partial charge in [0, 0.05) is 0 Å². The number of primary amides is 1. The predicted molar refractivity (Wildman–Crippen MR) is 75.6 cm³/mol. The fourth-order valence-electron chi connectivity index (χ4n) is 1.60. The number of carbonyl (C=O) groups is 2. The average molecular weight is 306 g/mol. The zero-order valence-electron chi connectivity index (χ0n) is 11.8. The zero-order valence-corrected chi connectivity index (χ0v) is 11.8. The predicted octanol–water partition coefficient (Wildman–Crippen LogP) is 1.60. The number of amides is 2. The van der Waals surface area contributed by atoms with E-state index in [1.54, 1.807) is 6.07 Å². The summed E-state index contributed by atoms with van der Waals surface area (Å²) in [6.45, 7) is 1.56. The summed E-state index contributed by atoms with van der Waals surface area (Å²) in [7, 11) is 0. The first-order chi connectivity index (χ1) is 10.5. The molecule has 0 aliphatic heterocycles. The lowest BCUT2D eigenvalue weighted by Crippen LogP contribution is -2.42. The van der Waals surface area contributed by atoms with E-state index in [1.165, 1.54) is 37.3 Å². The smallest absolute Gasteiger partial charge is 0.287 e. The molecule has 0 saturated heterocycles. The first-order valence-corrected chi connectivity index (χ1v) is 6.53. The summed E-state index contributed by atoms with van der Waals surface area (Å²) in [6.07, 6.45) is 0. The van der Waals surface area contributed by atoms with Gasteiger partial charge in [-0.2, -0.15) is 0 Å². The molecule has 1 atom stereocenters. The summed E-state index contributed by atoms with van der Waals surface area (Å²) in [5.74, 6) is -0.592. The highest BCUT2D eigenvalue weighted by Gasteiger charge is 2.16. The second kappa shape index (κ2) is 6.75. The second-order valence-corrected chi connectivity index (χ2v) is 4.61.